The van der Waals surface area contributed by atoms with Crippen molar-refractivity contribution in [2.75, 3.05) is 11.9 Å². The number of benzene rings is 2. The summed E-state index contributed by atoms with van der Waals surface area (Å²) >= 11 is 6.43. The summed E-state index contributed by atoms with van der Waals surface area (Å²) in [6.07, 6.45) is 6.34. The van der Waals surface area contributed by atoms with Crippen LogP contribution >= 0.6 is 11.6 Å². The Morgan fingerprint density at radius 2 is 1.78 bits per heavy atom. The number of aromatic nitrogens is 4. The molecule has 5 rings (SSSR count). The number of pyridine rings is 1. The van der Waals surface area contributed by atoms with Crippen LogP contribution in [0.2, 0.25) is 5.02 Å². The number of hydrogen-bond donors (Lipinski definition) is 1. The fourth-order valence-corrected chi connectivity index (χ4v) is 3.99. The Morgan fingerprint density at radius 3 is 2.56 bits per heavy atom. The predicted octanol–water partition coefficient (Wildman–Crippen LogP) is 6.10. The van der Waals surface area contributed by atoms with Crippen molar-refractivity contribution in [3.05, 3.63) is 102 Å². The van der Waals surface area contributed by atoms with Crippen molar-refractivity contribution >= 4 is 28.5 Å². The van der Waals surface area contributed by atoms with Gasteiger partial charge in [-0.1, -0.05) is 54.1 Å². The topological polar surface area (TPSA) is 55.6 Å². The van der Waals surface area contributed by atoms with Crippen LogP contribution in [0.4, 0.5) is 5.82 Å². The molecule has 6 heteroatoms. The summed E-state index contributed by atoms with van der Waals surface area (Å²) < 4.78 is 2.08. The average molecular weight is 440 g/mol. The molecule has 0 unspecified atom stereocenters. The highest BCUT2D eigenvalue weighted by Gasteiger charge is 2.17. The van der Waals surface area contributed by atoms with Gasteiger partial charge >= 0.3 is 0 Å². The van der Waals surface area contributed by atoms with Gasteiger partial charge in [-0.05, 0) is 42.3 Å². The summed E-state index contributed by atoms with van der Waals surface area (Å²) in [5.74, 6) is 0.807. The maximum atomic E-state index is 6.43. The summed E-state index contributed by atoms with van der Waals surface area (Å²) in [5, 5.41) is 5.21. The van der Waals surface area contributed by atoms with Gasteiger partial charge in [0, 0.05) is 47.3 Å². The quantitative estimate of drug-likeness (QED) is 0.347. The third-order valence-corrected chi connectivity index (χ3v) is 5.91. The maximum absolute atomic E-state index is 6.43. The highest BCUT2D eigenvalue weighted by atomic mass is 35.5. The van der Waals surface area contributed by atoms with Crippen LogP contribution in [0.1, 0.15) is 11.3 Å². The van der Waals surface area contributed by atoms with E-state index in [9.17, 15) is 0 Å². The molecule has 0 amide bonds. The van der Waals surface area contributed by atoms with Gasteiger partial charge in [-0.3, -0.25) is 4.98 Å². The van der Waals surface area contributed by atoms with Crippen molar-refractivity contribution in [1.29, 1.82) is 0 Å². The number of hydrogen-bond acceptors (Lipinski definition) is 4. The molecule has 0 aliphatic carbocycles. The number of nitrogens with one attached hydrogen (secondary N) is 1. The van der Waals surface area contributed by atoms with E-state index >= 15 is 0 Å². The van der Waals surface area contributed by atoms with Gasteiger partial charge in [-0.2, -0.15) is 0 Å². The average Bonchev–Trinajstić information content (AvgIpc) is 3.23. The molecule has 1 N–H and O–H groups in total. The maximum Gasteiger partial charge on any atom is 0.150 e. The van der Waals surface area contributed by atoms with Crippen molar-refractivity contribution in [2.45, 2.75) is 13.3 Å². The summed E-state index contributed by atoms with van der Waals surface area (Å²) in [4.78, 5) is 13.6. The van der Waals surface area contributed by atoms with E-state index in [0.29, 0.717) is 0 Å². The largest absolute Gasteiger partial charge is 0.369 e. The summed E-state index contributed by atoms with van der Waals surface area (Å²) in [6.45, 7) is 2.72. The minimum absolute atomic E-state index is 0.721. The van der Waals surface area contributed by atoms with E-state index in [-0.39, 0.29) is 0 Å². The lowest BCUT2D eigenvalue weighted by Crippen LogP contribution is -2.08. The lowest BCUT2D eigenvalue weighted by molar-refractivity contribution is 0.953. The lowest BCUT2D eigenvalue weighted by Gasteiger charge is -2.09. The Labute approximate surface area is 191 Å². The van der Waals surface area contributed by atoms with Crippen LogP contribution in [0.3, 0.4) is 0 Å². The minimum Gasteiger partial charge on any atom is -0.369 e. The van der Waals surface area contributed by atoms with Crippen molar-refractivity contribution in [3.63, 3.8) is 0 Å². The second-order valence-corrected chi connectivity index (χ2v) is 8.04. The zero-order valence-electron chi connectivity index (χ0n) is 17.7. The van der Waals surface area contributed by atoms with Crippen LogP contribution in [0, 0.1) is 6.92 Å². The monoisotopic (exact) mass is 439 g/mol. The first-order valence-corrected chi connectivity index (χ1v) is 10.9. The van der Waals surface area contributed by atoms with Crippen molar-refractivity contribution in [1.82, 2.24) is 19.5 Å². The van der Waals surface area contributed by atoms with Crippen LogP contribution in [0.25, 0.3) is 27.8 Å². The molecule has 3 aromatic heterocycles. The number of fused-ring (bicyclic) bond motifs is 1. The molecule has 32 heavy (non-hydrogen) atoms. The van der Waals surface area contributed by atoms with Crippen LogP contribution < -0.4 is 5.32 Å². The first-order chi connectivity index (χ1) is 15.7. The third-order valence-electron chi connectivity index (χ3n) is 5.50. The van der Waals surface area contributed by atoms with Gasteiger partial charge in [-0.15, -0.1) is 0 Å². The Morgan fingerprint density at radius 1 is 0.938 bits per heavy atom. The van der Waals surface area contributed by atoms with Crippen LogP contribution in [-0.2, 0) is 6.42 Å². The number of rotatable bonds is 6. The molecule has 0 radical (unpaired) electrons. The zero-order valence-corrected chi connectivity index (χ0v) is 18.4. The van der Waals surface area contributed by atoms with Gasteiger partial charge < -0.3 is 9.88 Å². The minimum atomic E-state index is 0.721. The number of anilines is 1. The van der Waals surface area contributed by atoms with E-state index in [2.05, 4.69) is 49.2 Å². The SMILES string of the molecule is Cc1ccc(-n2cc(-c3ccccc3)c3c(NCCc4ccccn4)ncnc32)cc1Cl. The van der Waals surface area contributed by atoms with Crippen LogP contribution in [0.15, 0.2) is 85.5 Å². The number of aryl methyl sites for hydroxylation is 1. The van der Waals surface area contributed by atoms with E-state index in [4.69, 9.17) is 11.6 Å². The number of nitrogens with zero attached hydrogens (tertiary/aromatic N) is 4. The fourth-order valence-electron chi connectivity index (χ4n) is 3.82. The Bertz CT molecular complexity index is 1360. The van der Waals surface area contributed by atoms with Crippen molar-refractivity contribution in [2.24, 2.45) is 0 Å². The molecule has 0 spiro atoms. The van der Waals surface area contributed by atoms with Gasteiger partial charge in [0.05, 0.1) is 5.39 Å². The molecule has 158 valence electrons. The Kier molecular flexibility index (Phi) is 5.57. The fraction of sp³-hybridized carbons (Fsp3) is 0.115. The molecule has 0 atom stereocenters. The molecule has 0 aliphatic rings. The molecular formula is C26H22ClN5. The highest BCUT2D eigenvalue weighted by molar-refractivity contribution is 6.31. The molecule has 0 bridgehead atoms. The Hall–Kier alpha value is -3.70. The smallest absolute Gasteiger partial charge is 0.150 e. The summed E-state index contributed by atoms with van der Waals surface area (Å²) in [6, 6.07) is 22.3. The number of halogens is 1. The van der Waals surface area contributed by atoms with E-state index in [1.165, 1.54) is 0 Å². The molecule has 3 heterocycles. The van der Waals surface area contributed by atoms with E-state index in [0.717, 1.165) is 62.9 Å². The Balaban J connectivity index is 1.60. The first kappa shape index (κ1) is 20.2. The van der Waals surface area contributed by atoms with E-state index in [1.54, 1.807) is 6.33 Å². The molecule has 0 saturated carbocycles. The molecule has 5 nitrogen and oxygen atoms in total. The second-order valence-electron chi connectivity index (χ2n) is 7.63. The van der Waals surface area contributed by atoms with E-state index < -0.39 is 0 Å². The molecule has 0 aliphatic heterocycles. The van der Waals surface area contributed by atoms with Crippen LogP contribution in [0.5, 0.6) is 0 Å². The van der Waals surface area contributed by atoms with Crippen LogP contribution in [-0.4, -0.2) is 26.1 Å². The lowest BCUT2D eigenvalue weighted by atomic mass is 10.1. The standard InChI is InChI=1S/C26H22ClN5/c1-18-10-11-21(15-23(18)27)32-16-22(19-7-3-2-4-8-19)24-25(30-17-31-26(24)32)29-14-12-20-9-5-6-13-28-20/h2-11,13,15-17H,12,14H2,1H3,(H,29,30,31). The summed E-state index contributed by atoms with van der Waals surface area (Å²) in [5.41, 5.74) is 6.06. The summed E-state index contributed by atoms with van der Waals surface area (Å²) in [7, 11) is 0. The molecule has 5 aromatic rings. The highest BCUT2D eigenvalue weighted by Crippen LogP contribution is 2.35. The first-order valence-electron chi connectivity index (χ1n) is 10.5. The van der Waals surface area contributed by atoms with Gasteiger partial charge in [0.25, 0.3) is 0 Å². The van der Waals surface area contributed by atoms with Crippen molar-refractivity contribution in [3.8, 4) is 16.8 Å². The molecular weight excluding hydrogens is 418 g/mol. The molecule has 0 saturated heterocycles. The second kappa shape index (κ2) is 8.81. The van der Waals surface area contributed by atoms with Gasteiger partial charge in [0.1, 0.15) is 12.1 Å². The van der Waals surface area contributed by atoms with Crippen molar-refractivity contribution < 1.29 is 0 Å². The zero-order chi connectivity index (χ0) is 21.9. The van der Waals surface area contributed by atoms with Gasteiger partial charge in [0.15, 0.2) is 5.65 Å². The van der Waals surface area contributed by atoms with E-state index in [1.807, 2.05) is 61.7 Å². The normalized spacial score (nSPS) is 11.1. The predicted molar refractivity (Wildman–Crippen MR) is 130 cm³/mol. The van der Waals surface area contributed by atoms with Gasteiger partial charge in [-0.25, -0.2) is 9.97 Å². The van der Waals surface area contributed by atoms with Gasteiger partial charge in [0.2, 0.25) is 0 Å². The molecule has 0 fully saturated rings. The third kappa shape index (κ3) is 3.95. The molecule has 2 aromatic carbocycles.